The number of aromatic nitrogens is 2. The minimum atomic E-state index is -0.425. The van der Waals surface area contributed by atoms with Gasteiger partial charge in [0.2, 0.25) is 5.43 Å². The summed E-state index contributed by atoms with van der Waals surface area (Å²) in [5.41, 5.74) is 0.199. The van der Waals surface area contributed by atoms with Crippen molar-refractivity contribution in [3.8, 4) is 0 Å². The molecule has 1 aromatic heterocycles. The average molecular weight is 301 g/mol. The van der Waals surface area contributed by atoms with Gasteiger partial charge in [0.05, 0.1) is 5.52 Å². The number of benzene rings is 1. The van der Waals surface area contributed by atoms with Crippen LogP contribution in [0.25, 0.3) is 10.9 Å². The summed E-state index contributed by atoms with van der Waals surface area (Å²) in [6, 6.07) is 7.02. The van der Waals surface area contributed by atoms with Crippen LogP contribution >= 0.6 is 0 Å². The van der Waals surface area contributed by atoms with Crippen LogP contribution in [0.1, 0.15) is 30.3 Å². The molecule has 1 aliphatic rings. The summed E-state index contributed by atoms with van der Waals surface area (Å²) in [6.07, 6.45) is 1.84. The van der Waals surface area contributed by atoms with Crippen molar-refractivity contribution < 1.29 is 9.53 Å². The van der Waals surface area contributed by atoms with Crippen molar-refractivity contribution >= 4 is 16.8 Å². The lowest BCUT2D eigenvalue weighted by Gasteiger charge is -2.28. The number of ether oxygens (including phenoxy) is 1. The number of aromatic amines is 1. The summed E-state index contributed by atoms with van der Waals surface area (Å²) in [4.78, 5) is 24.7. The minimum absolute atomic E-state index is 0.0101. The van der Waals surface area contributed by atoms with Gasteiger partial charge in [-0.3, -0.25) is 14.7 Å². The molecule has 0 aliphatic carbocycles. The van der Waals surface area contributed by atoms with Crippen molar-refractivity contribution in [1.82, 2.24) is 15.5 Å². The van der Waals surface area contributed by atoms with Gasteiger partial charge in [0, 0.05) is 24.6 Å². The van der Waals surface area contributed by atoms with Crippen molar-refractivity contribution in [2.45, 2.75) is 25.8 Å². The first-order valence-electron chi connectivity index (χ1n) is 7.53. The number of carbonyl (C=O) groups is 1. The molecule has 22 heavy (non-hydrogen) atoms. The molecule has 6 nitrogen and oxygen atoms in total. The average Bonchev–Trinajstić information content (AvgIpc) is 2.56. The number of amides is 1. The van der Waals surface area contributed by atoms with E-state index in [1.165, 1.54) is 0 Å². The molecular weight excluding hydrogens is 282 g/mol. The van der Waals surface area contributed by atoms with Gasteiger partial charge in [-0.05, 0) is 37.8 Å². The molecule has 1 atom stereocenters. The number of nitrogens with one attached hydrogen (secondary N) is 2. The number of rotatable bonds is 3. The Labute approximate surface area is 127 Å². The highest BCUT2D eigenvalue weighted by Gasteiger charge is 2.24. The van der Waals surface area contributed by atoms with Gasteiger partial charge in [-0.1, -0.05) is 12.1 Å². The van der Waals surface area contributed by atoms with Crippen molar-refractivity contribution in [3.63, 3.8) is 0 Å². The maximum atomic E-state index is 12.4. The van der Waals surface area contributed by atoms with Crippen molar-refractivity contribution in [2.75, 3.05) is 13.2 Å². The normalized spacial score (nSPS) is 17.3. The largest absolute Gasteiger partial charge is 0.381 e. The van der Waals surface area contributed by atoms with Crippen LogP contribution in [0.2, 0.25) is 0 Å². The molecule has 116 valence electrons. The van der Waals surface area contributed by atoms with E-state index in [0.717, 1.165) is 26.1 Å². The lowest BCUT2D eigenvalue weighted by Crippen LogP contribution is -2.42. The standard InChI is InChI=1S/C16H19N3O3/c1-10(11-6-8-22-9-7-11)17-16(21)14-15(20)12-4-2-3-5-13(12)18-19-14/h2-5,10-11H,6-9H2,1H3,(H,17,21)(H,18,20). The van der Waals surface area contributed by atoms with Crippen molar-refractivity contribution in [3.05, 3.63) is 40.2 Å². The van der Waals surface area contributed by atoms with E-state index in [-0.39, 0.29) is 17.2 Å². The second-order valence-corrected chi connectivity index (χ2v) is 5.66. The van der Waals surface area contributed by atoms with E-state index in [0.29, 0.717) is 16.8 Å². The number of hydrogen-bond donors (Lipinski definition) is 2. The van der Waals surface area contributed by atoms with E-state index >= 15 is 0 Å². The molecule has 2 N–H and O–H groups in total. The Balaban J connectivity index is 1.80. The maximum Gasteiger partial charge on any atom is 0.276 e. The van der Waals surface area contributed by atoms with Crippen molar-refractivity contribution in [1.29, 1.82) is 0 Å². The third-order valence-electron chi connectivity index (χ3n) is 4.22. The Morgan fingerprint density at radius 2 is 2.09 bits per heavy atom. The first-order valence-corrected chi connectivity index (χ1v) is 7.53. The molecule has 1 aliphatic heterocycles. The highest BCUT2D eigenvalue weighted by molar-refractivity contribution is 5.95. The second kappa shape index (κ2) is 6.27. The highest BCUT2D eigenvalue weighted by atomic mass is 16.5. The van der Waals surface area contributed by atoms with Gasteiger partial charge in [-0.2, -0.15) is 5.10 Å². The zero-order valence-corrected chi connectivity index (χ0v) is 12.5. The highest BCUT2D eigenvalue weighted by Crippen LogP contribution is 2.18. The summed E-state index contributed by atoms with van der Waals surface area (Å²) in [5.74, 6) is -0.0526. The van der Waals surface area contributed by atoms with Crippen LogP contribution in [0.15, 0.2) is 29.1 Å². The van der Waals surface area contributed by atoms with E-state index in [4.69, 9.17) is 4.74 Å². The quantitative estimate of drug-likeness (QED) is 0.899. The minimum Gasteiger partial charge on any atom is -0.381 e. The molecule has 0 spiro atoms. The summed E-state index contributed by atoms with van der Waals surface area (Å²) in [6.45, 7) is 3.41. The Bertz CT molecular complexity index is 735. The fourth-order valence-electron chi connectivity index (χ4n) is 2.84. The van der Waals surface area contributed by atoms with Crippen LogP contribution in [0, 0.1) is 5.92 Å². The lowest BCUT2D eigenvalue weighted by atomic mass is 9.93. The lowest BCUT2D eigenvalue weighted by molar-refractivity contribution is 0.0537. The molecule has 0 bridgehead atoms. The summed E-state index contributed by atoms with van der Waals surface area (Å²) in [5, 5.41) is 10.1. The zero-order chi connectivity index (χ0) is 15.5. The van der Waals surface area contributed by atoms with Crippen LogP contribution in [-0.4, -0.2) is 35.4 Å². The molecule has 1 aromatic carbocycles. The fourth-order valence-corrected chi connectivity index (χ4v) is 2.84. The predicted octanol–water partition coefficient (Wildman–Crippen LogP) is 1.47. The van der Waals surface area contributed by atoms with E-state index in [1.807, 2.05) is 13.0 Å². The van der Waals surface area contributed by atoms with Gasteiger partial charge in [-0.15, -0.1) is 0 Å². The van der Waals surface area contributed by atoms with Crippen LogP contribution < -0.4 is 10.7 Å². The Morgan fingerprint density at radius 1 is 1.36 bits per heavy atom. The van der Waals surface area contributed by atoms with E-state index < -0.39 is 5.91 Å². The van der Waals surface area contributed by atoms with Gasteiger partial charge in [0.25, 0.3) is 5.91 Å². The summed E-state index contributed by atoms with van der Waals surface area (Å²) < 4.78 is 5.33. The Morgan fingerprint density at radius 3 is 2.86 bits per heavy atom. The first kappa shape index (κ1) is 14.7. The third kappa shape index (κ3) is 2.87. The van der Waals surface area contributed by atoms with Crippen LogP contribution in [0.5, 0.6) is 0 Å². The third-order valence-corrected chi connectivity index (χ3v) is 4.22. The van der Waals surface area contributed by atoms with Crippen molar-refractivity contribution in [2.24, 2.45) is 5.92 Å². The second-order valence-electron chi connectivity index (χ2n) is 5.66. The van der Waals surface area contributed by atoms with Gasteiger partial charge in [0.1, 0.15) is 0 Å². The first-order chi connectivity index (χ1) is 10.7. The zero-order valence-electron chi connectivity index (χ0n) is 12.5. The van der Waals surface area contributed by atoms with Gasteiger partial charge >= 0.3 is 0 Å². The fraction of sp³-hybridized carbons (Fsp3) is 0.438. The van der Waals surface area contributed by atoms with E-state index in [1.54, 1.807) is 18.2 Å². The van der Waals surface area contributed by atoms with Crippen LogP contribution in [-0.2, 0) is 4.74 Å². The van der Waals surface area contributed by atoms with Crippen LogP contribution in [0.3, 0.4) is 0 Å². The monoisotopic (exact) mass is 301 g/mol. The molecule has 2 aromatic rings. The SMILES string of the molecule is CC(NC(=O)c1n[nH]c2ccccc2c1=O)C1CCOCC1. The molecule has 0 saturated carbocycles. The number of hydrogen-bond acceptors (Lipinski definition) is 4. The van der Waals surface area contributed by atoms with Gasteiger partial charge in [0.15, 0.2) is 5.69 Å². The molecule has 1 amide bonds. The topological polar surface area (TPSA) is 84.1 Å². The molecule has 3 rings (SSSR count). The number of nitrogens with zero attached hydrogens (tertiary/aromatic N) is 1. The molecule has 6 heteroatoms. The summed E-state index contributed by atoms with van der Waals surface area (Å²) >= 11 is 0. The predicted molar refractivity (Wildman–Crippen MR) is 82.8 cm³/mol. The molecular formula is C16H19N3O3. The Hall–Kier alpha value is -2.21. The Kier molecular flexibility index (Phi) is 4.20. The number of fused-ring (bicyclic) bond motifs is 1. The van der Waals surface area contributed by atoms with E-state index in [2.05, 4.69) is 15.5 Å². The molecule has 1 unspecified atom stereocenters. The summed E-state index contributed by atoms with van der Waals surface area (Å²) in [7, 11) is 0. The molecule has 0 radical (unpaired) electrons. The van der Waals surface area contributed by atoms with E-state index in [9.17, 15) is 9.59 Å². The maximum absolute atomic E-state index is 12.4. The van der Waals surface area contributed by atoms with Gasteiger partial charge < -0.3 is 10.1 Å². The molecule has 1 fully saturated rings. The number of H-pyrrole nitrogens is 1. The molecule has 1 saturated heterocycles. The van der Waals surface area contributed by atoms with Gasteiger partial charge in [-0.25, -0.2) is 0 Å². The van der Waals surface area contributed by atoms with Crippen LogP contribution in [0.4, 0.5) is 0 Å². The smallest absolute Gasteiger partial charge is 0.276 e. The number of para-hydroxylation sites is 1. The molecule has 2 heterocycles. The number of carbonyl (C=O) groups excluding carboxylic acids is 1.